The number of esters is 2. The lowest BCUT2D eigenvalue weighted by molar-refractivity contribution is -0.198. The van der Waals surface area contributed by atoms with Crippen LogP contribution in [0.4, 0.5) is 0 Å². The van der Waals surface area contributed by atoms with Gasteiger partial charge >= 0.3 is 11.9 Å². The monoisotopic (exact) mass is 554 g/mol. The lowest BCUT2D eigenvalue weighted by atomic mass is 9.43. The van der Waals surface area contributed by atoms with E-state index < -0.39 is 5.41 Å². The number of aliphatic hydroxyl groups is 1. The van der Waals surface area contributed by atoms with Crippen LogP contribution in [0.3, 0.4) is 0 Å². The number of ketones is 1. The van der Waals surface area contributed by atoms with E-state index in [1.54, 1.807) is 0 Å². The van der Waals surface area contributed by atoms with E-state index in [9.17, 15) is 19.5 Å². The van der Waals surface area contributed by atoms with Gasteiger partial charge in [-0.15, -0.1) is 0 Å². The summed E-state index contributed by atoms with van der Waals surface area (Å²) in [6.45, 7) is 17.5. The Labute approximate surface area is 241 Å². The average Bonchev–Trinajstić information content (AvgIpc) is 3.14. The second-order valence-corrected chi connectivity index (χ2v) is 13.4. The van der Waals surface area contributed by atoms with E-state index in [4.69, 9.17) is 9.47 Å². The van der Waals surface area contributed by atoms with Gasteiger partial charge in [-0.1, -0.05) is 50.6 Å². The highest BCUT2D eigenvalue weighted by Crippen LogP contribution is 2.69. The van der Waals surface area contributed by atoms with Crippen LogP contribution in [0, 0.1) is 28.1 Å². The van der Waals surface area contributed by atoms with Crippen molar-refractivity contribution in [2.75, 3.05) is 6.61 Å². The smallest absolute Gasteiger partial charge is 0.303 e. The Hall–Kier alpha value is -2.47. The molecule has 0 aromatic heterocycles. The normalized spacial score (nSPS) is 36.0. The lowest BCUT2D eigenvalue weighted by Gasteiger charge is -2.62. The molecule has 3 fully saturated rings. The first-order valence-corrected chi connectivity index (χ1v) is 14.8. The van der Waals surface area contributed by atoms with E-state index in [0.717, 1.165) is 36.0 Å². The maximum absolute atomic E-state index is 13.6. The van der Waals surface area contributed by atoms with Crippen molar-refractivity contribution < 1.29 is 29.0 Å². The third kappa shape index (κ3) is 6.07. The van der Waals surface area contributed by atoms with Crippen LogP contribution in [0.25, 0.3) is 0 Å². The molecule has 3 saturated carbocycles. The Morgan fingerprint density at radius 2 is 1.68 bits per heavy atom. The van der Waals surface area contributed by atoms with Gasteiger partial charge in [0.15, 0.2) is 5.78 Å². The average molecular weight is 555 g/mol. The van der Waals surface area contributed by atoms with Gasteiger partial charge in [-0.2, -0.15) is 0 Å². The summed E-state index contributed by atoms with van der Waals surface area (Å²) >= 11 is 0. The molecule has 0 spiro atoms. The minimum Gasteiger partial charge on any atom is -0.462 e. The molecule has 3 aliphatic rings. The third-order valence-corrected chi connectivity index (χ3v) is 10.3. The van der Waals surface area contributed by atoms with Gasteiger partial charge in [0.2, 0.25) is 0 Å². The van der Waals surface area contributed by atoms with Crippen molar-refractivity contribution in [3.8, 4) is 0 Å². The van der Waals surface area contributed by atoms with Crippen molar-refractivity contribution in [2.24, 2.45) is 28.1 Å². The third-order valence-electron chi connectivity index (χ3n) is 10.3. The highest BCUT2D eigenvalue weighted by Gasteiger charge is 2.66. The number of carbonyl (C=O) groups excluding carboxylic acids is 3. The van der Waals surface area contributed by atoms with Crippen LogP contribution in [0.2, 0.25) is 0 Å². The van der Waals surface area contributed by atoms with E-state index in [1.165, 1.54) is 19.4 Å². The largest absolute Gasteiger partial charge is 0.462 e. The zero-order valence-corrected chi connectivity index (χ0v) is 26.1. The highest BCUT2D eigenvalue weighted by molar-refractivity contribution is 6.00. The number of rotatable bonds is 8. The van der Waals surface area contributed by atoms with E-state index in [-0.39, 0.29) is 59.2 Å². The van der Waals surface area contributed by atoms with Gasteiger partial charge in [0.25, 0.3) is 0 Å². The molecule has 0 aliphatic heterocycles. The molecule has 0 aromatic rings. The van der Waals surface area contributed by atoms with E-state index in [2.05, 4.69) is 26.8 Å². The molecule has 1 N–H and O–H groups in total. The predicted molar refractivity (Wildman–Crippen MR) is 157 cm³/mol. The zero-order chi connectivity index (χ0) is 30.0. The number of Topliss-reactive ketones (excluding diaryl/α,β-unsaturated/α-hetero) is 1. The molecule has 0 aromatic carbocycles. The second-order valence-electron chi connectivity index (χ2n) is 13.4. The second kappa shape index (κ2) is 12.2. The summed E-state index contributed by atoms with van der Waals surface area (Å²) in [6.07, 6.45) is 11.8. The van der Waals surface area contributed by atoms with Crippen molar-refractivity contribution in [1.82, 2.24) is 0 Å². The molecule has 0 saturated heterocycles. The topological polar surface area (TPSA) is 89.9 Å². The van der Waals surface area contributed by atoms with Crippen LogP contribution in [0.1, 0.15) is 101 Å². The summed E-state index contributed by atoms with van der Waals surface area (Å²) in [6, 6.07) is 0. The molecule has 0 amide bonds. The van der Waals surface area contributed by atoms with Gasteiger partial charge in [0, 0.05) is 43.1 Å². The van der Waals surface area contributed by atoms with Gasteiger partial charge < -0.3 is 14.6 Å². The summed E-state index contributed by atoms with van der Waals surface area (Å²) in [5, 5.41) is 10.6. The van der Waals surface area contributed by atoms with Gasteiger partial charge in [-0.3, -0.25) is 14.4 Å². The van der Waals surface area contributed by atoms with Crippen LogP contribution in [-0.4, -0.2) is 41.6 Å². The number of hydrogen-bond donors (Lipinski definition) is 1. The minimum atomic E-state index is -0.531. The molecule has 222 valence electrons. The first-order valence-electron chi connectivity index (χ1n) is 14.8. The Kier molecular flexibility index (Phi) is 9.76. The van der Waals surface area contributed by atoms with Crippen molar-refractivity contribution in [2.45, 2.75) is 113 Å². The summed E-state index contributed by atoms with van der Waals surface area (Å²) < 4.78 is 11.3. The SMILES string of the molecule is CC(=O)O[C@@H](CC=C(C)C)/C(C)=C/C=C/C(C)=C1\C(=O)C[C@H]2[C@@]3(C)CC[C@@H](OC(C)=O)C(C)(CO)[C@@H]3CC[C@]12C. The fraction of sp³-hybridized carbons (Fsp3) is 0.676. The zero-order valence-electron chi connectivity index (χ0n) is 26.1. The number of hydrogen-bond acceptors (Lipinski definition) is 6. The number of fused-ring (bicyclic) bond motifs is 3. The van der Waals surface area contributed by atoms with Crippen molar-refractivity contribution in [1.29, 1.82) is 0 Å². The first kappa shape index (κ1) is 32.0. The van der Waals surface area contributed by atoms with Gasteiger partial charge in [-0.05, 0) is 81.8 Å². The standard InChI is InChI=1S/C34H50O6/c1-21(2)13-14-27(39-24(5)36)22(3)11-10-12-23(4)31-26(38)19-29-32(7)18-16-30(40-25(6)37)34(9,20-35)28(32)15-17-33(29,31)8/h10-13,27-30,35H,14-20H2,1-9H3/b12-10+,22-11+,31-23+/t27-,28+,29-,30+,32-,33-,34?/m0/s1. The number of carbonyl (C=O) groups is 3. The Morgan fingerprint density at radius 3 is 2.25 bits per heavy atom. The van der Waals surface area contributed by atoms with Gasteiger partial charge in [-0.25, -0.2) is 0 Å². The van der Waals surface area contributed by atoms with Crippen LogP contribution < -0.4 is 0 Å². The van der Waals surface area contributed by atoms with E-state index in [1.807, 2.05) is 45.9 Å². The van der Waals surface area contributed by atoms with Crippen LogP contribution >= 0.6 is 0 Å². The lowest BCUT2D eigenvalue weighted by Crippen LogP contribution is -2.60. The summed E-state index contributed by atoms with van der Waals surface area (Å²) in [5.74, 6) is -0.0670. The van der Waals surface area contributed by atoms with Crippen LogP contribution in [0.15, 0.2) is 46.6 Å². The molecule has 0 heterocycles. The highest BCUT2D eigenvalue weighted by atomic mass is 16.5. The molecule has 3 rings (SSSR count). The number of aliphatic hydroxyl groups excluding tert-OH is 1. The van der Waals surface area contributed by atoms with Crippen molar-refractivity contribution in [3.63, 3.8) is 0 Å². The number of ether oxygens (including phenoxy) is 2. The van der Waals surface area contributed by atoms with Crippen molar-refractivity contribution >= 4 is 17.7 Å². The molecule has 40 heavy (non-hydrogen) atoms. The van der Waals surface area contributed by atoms with Crippen LogP contribution in [-0.2, 0) is 23.9 Å². The summed E-state index contributed by atoms with van der Waals surface area (Å²) in [5.41, 5.74) is 3.11. The predicted octanol–water partition coefficient (Wildman–Crippen LogP) is 6.83. The number of allylic oxidation sites excluding steroid dienone is 6. The fourth-order valence-electron chi connectivity index (χ4n) is 8.39. The quantitative estimate of drug-likeness (QED) is 0.153. The van der Waals surface area contributed by atoms with Crippen LogP contribution in [0.5, 0.6) is 0 Å². The summed E-state index contributed by atoms with van der Waals surface area (Å²) in [7, 11) is 0. The summed E-state index contributed by atoms with van der Waals surface area (Å²) in [4.78, 5) is 37.1. The molecular weight excluding hydrogens is 504 g/mol. The van der Waals surface area contributed by atoms with Gasteiger partial charge in [0.05, 0.1) is 6.61 Å². The van der Waals surface area contributed by atoms with E-state index in [0.29, 0.717) is 19.3 Å². The molecule has 7 atom stereocenters. The molecule has 1 unspecified atom stereocenters. The molecular formula is C34H50O6. The molecule has 3 aliphatic carbocycles. The van der Waals surface area contributed by atoms with E-state index >= 15 is 0 Å². The first-order chi connectivity index (χ1) is 18.6. The maximum Gasteiger partial charge on any atom is 0.303 e. The fourth-order valence-corrected chi connectivity index (χ4v) is 8.39. The Balaban J connectivity index is 1.90. The molecule has 0 radical (unpaired) electrons. The van der Waals surface area contributed by atoms with Gasteiger partial charge in [0.1, 0.15) is 12.2 Å². The van der Waals surface area contributed by atoms with Crippen molar-refractivity contribution in [3.05, 3.63) is 46.6 Å². The minimum absolute atomic E-state index is 0.0410. The molecule has 0 bridgehead atoms. The molecule has 6 heteroatoms. The Bertz CT molecular complexity index is 1140. The maximum atomic E-state index is 13.6. The molecule has 6 nitrogen and oxygen atoms in total. The Morgan fingerprint density at radius 1 is 1.00 bits per heavy atom.